The minimum absolute atomic E-state index is 0.829. The average molecular weight is 439 g/mol. The minimum atomic E-state index is 0.829. The van der Waals surface area contributed by atoms with Gasteiger partial charge in [0, 0.05) is 33.2 Å². The fourth-order valence-electron chi connectivity index (χ4n) is 3.95. The molecule has 0 spiro atoms. The molecule has 0 aliphatic heterocycles. The van der Waals surface area contributed by atoms with E-state index in [9.17, 15) is 0 Å². The van der Waals surface area contributed by atoms with E-state index in [1.54, 1.807) is 11.3 Å². The van der Waals surface area contributed by atoms with Crippen molar-refractivity contribution < 1.29 is 4.42 Å². The van der Waals surface area contributed by atoms with Crippen LogP contribution in [0.5, 0.6) is 0 Å². The summed E-state index contributed by atoms with van der Waals surface area (Å²) in [7, 11) is 0. The topological polar surface area (TPSA) is 13.1 Å². The number of hydrogen-bond acceptors (Lipinski definition) is 4. The summed E-state index contributed by atoms with van der Waals surface area (Å²) in [6.07, 6.45) is 2.11. The number of thiocarbonyl (C=S) groups is 2. The number of thiophene rings is 1. The summed E-state index contributed by atoms with van der Waals surface area (Å²) in [5.41, 5.74) is 5.06. The van der Waals surface area contributed by atoms with E-state index in [2.05, 4.69) is 54.6 Å². The van der Waals surface area contributed by atoms with E-state index >= 15 is 0 Å². The van der Waals surface area contributed by atoms with Gasteiger partial charge >= 0.3 is 0 Å². The standard InChI is InChI=1S/C26H14OS3/c28-25-19-10-16-8-4-5-9-17(16)11-20(19)26(29)21(25)12-18-13-23-24(30-18)14-22(27-23)15-6-2-1-3-7-15/h1-14H. The highest BCUT2D eigenvalue weighted by atomic mass is 32.1. The summed E-state index contributed by atoms with van der Waals surface area (Å²) in [6, 6.07) is 27.0. The summed E-state index contributed by atoms with van der Waals surface area (Å²) >= 11 is 13.3. The van der Waals surface area contributed by atoms with Crippen LogP contribution in [0.25, 0.3) is 38.5 Å². The molecule has 4 heteroatoms. The molecule has 30 heavy (non-hydrogen) atoms. The maximum absolute atomic E-state index is 6.08. The molecule has 142 valence electrons. The van der Waals surface area contributed by atoms with E-state index in [1.165, 1.54) is 10.8 Å². The second-order valence-electron chi connectivity index (χ2n) is 7.32. The highest BCUT2D eigenvalue weighted by Gasteiger charge is 2.27. The van der Waals surface area contributed by atoms with Crippen LogP contribution in [-0.4, -0.2) is 9.73 Å². The van der Waals surface area contributed by atoms with Crippen molar-refractivity contribution in [2.45, 2.75) is 0 Å². The number of benzene rings is 3. The minimum Gasteiger partial charge on any atom is -0.455 e. The highest BCUT2D eigenvalue weighted by molar-refractivity contribution is 7.84. The maximum Gasteiger partial charge on any atom is 0.146 e. The first-order valence-corrected chi connectivity index (χ1v) is 11.2. The van der Waals surface area contributed by atoms with Gasteiger partial charge in [-0.2, -0.15) is 0 Å². The number of allylic oxidation sites excluding steroid dienone is 1. The monoisotopic (exact) mass is 438 g/mol. The van der Waals surface area contributed by atoms with E-state index in [0.717, 1.165) is 52.9 Å². The van der Waals surface area contributed by atoms with E-state index in [4.69, 9.17) is 28.9 Å². The molecule has 1 nitrogen and oxygen atoms in total. The third-order valence-electron chi connectivity index (χ3n) is 5.44. The van der Waals surface area contributed by atoms with Gasteiger partial charge in [0.1, 0.15) is 11.3 Å². The molecule has 1 aliphatic rings. The second kappa shape index (κ2) is 6.81. The van der Waals surface area contributed by atoms with Gasteiger partial charge in [-0.05, 0) is 35.0 Å². The Morgan fingerprint density at radius 2 is 1.37 bits per heavy atom. The number of hydrogen-bond donors (Lipinski definition) is 0. The SMILES string of the molecule is S=C1C(=Cc2cc3oc(-c4ccccc4)cc3s2)C(=S)c2cc3ccccc3cc21. The maximum atomic E-state index is 6.08. The zero-order chi connectivity index (χ0) is 20.2. The molecule has 0 radical (unpaired) electrons. The molecule has 0 N–H and O–H groups in total. The van der Waals surface area contributed by atoms with Crippen molar-refractivity contribution >= 4 is 72.6 Å². The predicted octanol–water partition coefficient (Wildman–Crippen LogP) is 7.85. The van der Waals surface area contributed by atoms with Crippen LogP contribution < -0.4 is 0 Å². The summed E-state index contributed by atoms with van der Waals surface area (Å²) in [5, 5.41) is 2.37. The highest BCUT2D eigenvalue weighted by Crippen LogP contribution is 2.37. The largest absolute Gasteiger partial charge is 0.455 e. The summed E-state index contributed by atoms with van der Waals surface area (Å²) in [5.74, 6) is 0.891. The Bertz CT molecular complexity index is 1430. The van der Waals surface area contributed by atoms with Gasteiger partial charge in [-0.1, -0.05) is 79.0 Å². The molecular formula is C26H14OS3. The Balaban J connectivity index is 1.39. The van der Waals surface area contributed by atoms with E-state index in [0.29, 0.717) is 0 Å². The lowest BCUT2D eigenvalue weighted by atomic mass is 10.0. The quantitative estimate of drug-likeness (QED) is 0.206. The van der Waals surface area contributed by atoms with Gasteiger partial charge in [-0.25, -0.2) is 0 Å². The molecule has 0 atom stereocenters. The molecule has 0 fully saturated rings. The Morgan fingerprint density at radius 3 is 2.00 bits per heavy atom. The van der Waals surface area contributed by atoms with Crippen molar-refractivity contribution in [2.24, 2.45) is 0 Å². The van der Waals surface area contributed by atoms with E-state index < -0.39 is 0 Å². The molecular weight excluding hydrogens is 424 g/mol. The average Bonchev–Trinajstić information content (AvgIpc) is 3.41. The molecule has 0 saturated carbocycles. The van der Waals surface area contributed by atoms with Crippen LogP contribution in [0.4, 0.5) is 0 Å². The van der Waals surface area contributed by atoms with Crippen molar-refractivity contribution in [1.82, 2.24) is 0 Å². The van der Waals surface area contributed by atoms with Crippen molar-refractivity contribution in [3.63, 3.8) is 0 Å². The fraction of sp³-hybridized carbons (Fsp3) is 0. The summed E-state index contributed by atoms with van der Waals surface area (Å²) in [4.78, 5) is 2.76. The molecule has 2 heterocycles. The molecule has 0 bridgehead atoms. The molecule has 3 aromatic carbocycles. The Morgan fingerprint density at radius 1 is 0.733 bits per heavy atom. The van der Waals surface area contributed by atoms with Crippen molar-refractivity contribution in [1.29, 1.82) is 0 Å². The van der Waals surface area contributed by atoms with Gasteiger partial charge < -0.3 is 4.42 Å². The van der Waals surface area contributed by atoms with Crippen molar-refractivity contribution in [2.75, 3.05) is 0 Å². The van der Waals surface area contributed by atoms with Crippen LogP contribution in [0.3, 0.4) is 0 Å². The summed E-state index contributed by atoms with van der Waals surface area (Å²) in [6.45, 7) is 0. The molecule has 1 aliphatic carbocycles. The Labute approximate surface area is 188 Å². The molecule has 5 aromatic rings. The van der Waals surface area contributed by atoms with Gasteiger partial charge in [-0.15, -0.1) is 11.3 Å². The van der Waals surface area contributed by atoms with Crippen LogP contribution in [0.2, 0.25) is 0 Å². The van der Waals surface area contributed by atoms with Crippen molar-refractivity contribution in [3.05, 3.63) is 100 Å². The third-order valence-corrected chi connectivity index (χ3v) is 7.33. The lowest BCUT2D eigenvalue weighted by molar-refractivity contribution is 0.632. The molecule has 0 saturated heterocycles. The van der Waals surface area contributed by atoms with Crippen LogP contribution in [0, 0.1) is 0 Å². The third kappa shape index (κ3) is 2.80. The van der Waals surface area contributed by atoms with Crippen LogP contribution in [0.15, 0.2) is 88.9 Å². The lowest BCUT2D eigenvalue weighted by Crippen LogP contribution is -1.97. The fourth-order valence-corrected chi connectivity index (χ4v) is 5.64. The molecule has 0 unspecified atom stereocenters. The smallest absolute Gasteiger partial charge is 0.146 e. The van der Waals surface area contributed by atoms with Gasteiger partial charge in [0.15, 0.2) is 0 Å². The van der Waals surface area contributed by atoms with Crippen LogP contribution in [0.1, 0.15) is 16.0 Å². The number of rotatable bonds is 2. The normalized spacial score (nSPS) is 13.4. The number of furan rings is 1. The molecule has 0 amide bonds. The molecule has 6 rings (SSSR count). The lowest BCUT2D eigenvalue weighted by Gasteiger charge is -2.02. The van der Waals surface area contributed by atoms with Gasteiger partial charge in [-0.3, -0.25) is 0 Å². The van der Waals surface area contributed by atoms with Crippen LogP contribution >= 0.6 is 35.8 Å². The van der Waals surface area contributed by atoms with Crippen molar-refractivity contribution in [3.8, 4) is 11.3 Å². The first-order valence-electron chi connectivity index (χ1n) is 9.60. The van der Waals surface area contributed by atoms with E-state index in [-0.39, 0.29) is 0 Å². The molecule has 2 aromatic heterocycles. The Hall–Kier alpha value is -2.92. The first-order chi connectivity index (χ1) is 14.7. The zero-order valence-electron chi connectivity index (χ0n) is 15.7. The Kier molecular flexibility index (Phi) is 4.06. The first kappa shape index (κ1) is 17.9. The second-order valence-corrected chi connectivity index (χ2v) is 9.25. The van der Waals surface area contributed by atoms with Gasteiger partial charge in [0.05, 0.1) is 14.4 Å². The number of fused-ring (bicyclic) bond motifs is 3. The zero-order valence-corrected chi connectivity index (χ0v) is 18.2. The van der Waals surface area contributed by atoms with Gasteiger partial charge in [0.25, 0.3) is 0 Å². The van der Waals surface area contributed by atoms with Gasteiger partial charge in [0.2, 0.25) is 0 Å². The predicted molar refractivity (Wildman–Crippen MR) is 135 cm³/mol. The van der Waals surface area contributed by atoms with E-state index in [1.807, 2.05) is 30.3 Å². The summed E-state index contributed by atoms with van der Waals surface area (Å²) < 4.78 is 7.21. The van der Waals surface area contributed by atoms with Crippen LogP contribution in [-0.2, 0) is 0 Å².